The molecule has 0 saturated carbocycles. The number of benzene rings is 1. The van der Waals surface area contributed by atoms with Gasteiger partial charge in [-0.05, 0) is 75.9 Å². The Kier molecular flexibility index (Phi) is 7.91. The van der Waals surface area contributed by atoms with Gasteiger partial charge >= 0.3 is 0 Å². The first-order valence-electron chi connectivity index (χ1n) is 12.2. The Morgan fingerprint density at radius 2 is 1.85 bits per heavy atom. The lowest BCUT2D eigenvalue weighted by Crippen LogP contribution is -2.36. The quantitative estimate of drug-likeness (QED) is 0.532. The third kappa shape index (κ3) is 5.81. The second kappa shape index (κ2) is 11.3. The van der Waals surface area contributed by atoms with Crippen LogP contribution in [0.3, 0.4) is 0 Å². The summed E-state index contributed by atoms with van der Waals surface area (Å²) in [6, 6.07) is 16.2. The summed E-state index contributed by atoms with van der Waals surface area (Å²) in [5.74, 6) is -0.266. The molecular weight excluding hydrogens is 424 g/mol. The molecule has 0 bridgehead atoms. The van der Waals surface area contributed by atoms with Crippen molar-refractivity contribution < 1.29 is 4.79 Å². The van der Waals surface area contributed by atoms with E-state index in [1.54, 1.807) is 18.5 Å². The lowest BCUT2D eigenvalue weighted by atomic mass is 10.0. The molecule has 1 atom stereocenters. The van der Waals surface area contributed by atoms with Crippen LogP contribution >= 0.6 is 0 Å². The summed E-state index contributed by atoms with van der Waals surface area (Å²) >= 11 is 0. The molecule has 1 N–H and O–H groups in total. The topological polar surface area (TPSA) is 67.2 Å². The first-order valence-corrected chi connectivity index (χ1v) is 12.2. The number of nitrogens with zero attached hydrogens (tertiary/aromatic N) is 3. The molecule has 0 radical (unpaired) electrons. The van der Waals surface area contributed by atoms with E-state index in [1.807, 2.05) is 37.3 Å². The molecule has 34 heavy (non-hydrogen) atoms. The molecule has 4 rings (SSSR count). The maximum Gasteiger partial charge on any atom is 0.257 e. The molecule has 1 amide bonds. The van der Waals surface area contributed by atoms with E-state index >= 15 is 0 Å². The number of nitrogens with one attached hydrogen (secondary N) is 1. The number of aromatic nitrogens is 2. The van der Waals surface area contributed by atoms with E-state index < -0.39 is 0 Å². The molecule has 0 aliphatic carbocycles. The lowest BCUT2D eigenvalue weighted by molar-refractivity contribution is 0.0947. The van der Waals surface area contributed by atoms with Crippen LogP contribution in [0.25, 0.3) is 0 Å². The molecule has 1 aromatic carbocycles. The van der Waals surface area contributed by atoms with Gasteiger partial charge in [0.1, 0.15) is 5.56 Å². The van der Waals surface area contributed by atoms with Gasteiger partial charge in [-0.15, -0.1) is 0 Å². The predicted molar refractivity (Wildman–Crippen MR) is 135 cm³/mol. The Morgan fingerprint density at radius 1 is 1.09 bits per heavy atom. The average molecular weight is 459 g/mol. The summed E-state index contributed by atoms with van der Waals surface area (Å²) in [5, 5.41) is 3.05. The highest BCUT2D eigenvalue weighted by molar-refractivity contribution is 5.95. The summed E-state index contributed by atoms with van der Waals surface area (Å²) in [5.41, 5.74) is 3.98. The first-order chi connectivity index (χ1) is 16.5. The van der Waals surface area contributed by atoms with Crippen LogP contribution in [0.2, 0.25) is 0 Å². The summed E-state index contributed by atoms with van der Waals surface area (Å²) in [7, 11) is 2.14. The fourth-order valence-electron chi connectivity index (χ4n) is 4.92. The third-order valence-corrected chi connectivity index (χ3v) is 6.87. The summed E-state index contributed by atoms with van der Waals surface area (Å²) in [6.07, 6.45) is 8.18. The van der Waals surface area contributed by atoms with Gasteiger partial charge in [0, 0.05) is 49.0 Å². The summed E-state index contributed by atoms with van der Waals surface area (Å²) in [4.78, 5) is 32.9. The minimum atomic E-state index is -0.266. The van der Waals surface area contributed by atoms with Gasteiger partial charge in [-0.1, -0.05) is 30.3 Å². The Labute approximate surface area is 201 Å². The van der Waals surface area contributed by atoms with Crippen LogP contribution < -0.4 is 10.7 Å². The second-order valence-corrected chi connectivity index (χ2v) is 9.22. The van der Waals surface area contributed by atoms with E-state index in [4.69, 9.17) is 0 Å². The maximum absolute atomic E-state index is 13.3. The van der Waals surface area contributed by atoms with Crippen LogP contribution in [-0.2, 0) is 19.4 Å². The van der Waals surface area contributed by atoms with Crippen LogP contribution in [0.4, 0.5) is 0 Å². The largest absolute Gasteiger partial charge is 0.352 e. The number of aryl methyl sites for hydroxylation is 2. The van der Waals surface area contributed by atoms with E-state index in [2.05, 4.69) is 38.9 Å². The Morgan fingerprint density at radius 3 is 2.56 bits per heavy atom. The van der Waals surface area contributed by atoms with Gasteiger partial charge in [-0.25, -0.2) is 0 Å². The number of amides is 1. The van der Waals surface area contributed by atoms with E-state index in [0.29, 0.717) is 25.6 Å². The highest BCUT2D eigenvalue weighted by Gasteiger charge is 2.23. The minimum Gasteiger partial charge on any atom is -0.352 e. The van der Waals surface area contributed by atoms with Gasteiger partial charge in [-0.3, -0.25) is 14.6 Å². The normalized spacial score (nSPS) is 16.0. The molecule has 1 fully saturated rings. The highest BCUT2D eigenvalue weighted by Crippen LogP contribution is 2.18. The Hall–Kier alpha value is -3.25. The van der Waals surface area contributed by atoms with Crippen molar-refractivity contribution >= 4 is 5.91 Å². The number of carbonyl (C=O) groups is 1. The molecule has 0 spiro atoms. The van der Waals surface area contributed by atoms with Gasteiger partial charge in [-0.2, -0.15) is 0 Å². The third-order valence-electron chi connectivity index (χ3n) is 6.87. The van der Waals surface area contributed by atoms with Gasteiger partial charge in [0.2, 0.25) is 0 Å². The van der Waals surface area contributed by atoms with E-state index in [9.17, 15) is 9.59 Å². The molecule has 6 nitrogen and oxygen atoms in total. The van der Waals surface area contributed by atoms with Crippen molar-refractivity contribution in [2.24, 2.45) is 0 Å². The molecule has 6 heteroatoms. The molecule has 0 unspecified atom stereocenters. The van der Waals surface area contributed by atoms with Crippen molar-refractivity contribution in [3.8, 4) is 0 Å². The molecule has 1 saturated heterocycles. The molecule has 3 aromatic rings. The second-order valence-electron chi connectivity index (χ2n) is 9.22. The number of pyridine rings is 2. The smallest absolute Gasteiger partial charge is 0.257 e. The lowest BCUT2D eigenvalue weighted by Gasteiger charge is -2.21. The molecule has 1 aliphatic heterocycles. The van der Waals surface area contributed by atoms with Crippen molar-refractivity contribution in [1.82, 2.24) is 19.8 Å². The predicted octanol–water partition coefficient (Wildman–Crippen LogP) is 3.60. The van der Waals surface area contributed by atoms with E-state index in [0.717, 1.165) is 42.8 Å². The van der Waals surface area contributed by atoms with Crippen LogP contribution in [0.15, 0.2) is 65.7 Å². The molecule has 178 valence electrons. The van der Waals surface area contributed by atoms with Gasteiger partial charge in [0.25, 0.3) is 5.91 Å². The Balaban J connectivity index is 1.62. The van der Waals surface area contributed by atoms with Crippen LogP contribution in [0.1, 0.15) is 52.1 Å². The number of rotatable bonds is 9. The van der Waals surface area contributed by atoms with Crippen LogP contribution in [0, 0.1) is 6.92 Å². The standard InChI is InChI=1S/C28H34N4O2/c1-21-19-26(33)27(28(34)30-17-14-24-9-6-18-31(24)2)25(11-10-22-7-4-3-5-8-22)32(21)20-23-12-15-29-16-13-23/h3-5,7-8,12-13,15-16,19,24H,6,9-11,14,17-18,20H2,1-2H3,(H,30,34)/t24-/m0/s1. The van der Waals surface area contributed by atoms with Crippen molar-refractivity contribution in [3.05, 3.63) is 99.2 Å². The number of hydrogen-bond donors (Lipinski definition) is 1. The molecule has 2 aromatic heterocycles. The summed E-state index contributed by atoms with van der Waals surface area (Å²) in [6.45, 7) is 4.21. The van der Waals surface area contributed by atoms with Gasteiger partial charge < -0.3 is 14.8 Å². The highest BCUT2D eigenvalue weighted by atomic mass is 16.2. The van der Waals surface area contributed by atoms with E-state index in [-0.39, 0.29) is 16.9 Å². The molecule has 3 heterocycles. The van der Waals surface area contributed by atoms with Crippen molar-refractivity contribution in [2.75, 3.05) is 20.1 Å². The number of likely N-dealkylation sites (tertiary alicyclic amines) is 1. The van der Waals surface area contributed by atoms with Crippen molar-refractivity contribution in [3.63, 3.8) is 0 Å². The van der Waals surface area contributed by atoms with Crippen LogP contribution in [-0.4, -0.2) is 46.5 Å². The zero-order chi connectivity index (χ0) is 23.9. The Bertz CT molecular complexity index is 1160. The van der Waals surface area contributed by atoms with Crippen molar-refractivity contribution in [2.45, 2.75) is 51.6 Å². The number of carbonyl (C=O) groups excluding carboxylic acids is 1. The fourth-order valence-corrected chi connectivity index (χ4v) is 4.92. The van der Waals surface area contributed by atoms with Gasteiger partial charge in [0.15, 0.2) is 5.43 Å². The first kappa shape index (κ1) is 23.9. The fraction of sp³-hybridized carbons (Fsp3) is 0.393. The van der Waals surface area contributed by atoms with Crippen LogP contribution in [0.5, 0.6) is 0 Å². The summed E-state index contributed by atoms with van der Waals surface area (Å²) < 4.78 is 2.11. The molecule has 1 aliphatic rings. The van der Waals surface area contributed by atoms with E-state index in [1.165, 1.54) is 12.0 Å². The zero-order valence-electron chi connectivity index (χ0n) is 20.2. The van der Waals surface area contributed by atoms with Gasteiger partial charge in [0.05, 0.1) is 0 Å². The number of hydrogen-bond acceptors (Lipinski definition) is 4. The monoisotopic (exact) mass is 458 g/mol. The van der Waals surface area contributed by atoms with Crippen molar-refractivity contribution in [1.29, 1.82) is 0 Å². The zero-order valence-corrected chi connectivity index (χ0v) is 20.2. The average Bonchev–Trinajstić information content (AvgIpc) is 3.25. The maximum atomic E-state index is 13.3. The SMILES string of the molecule is Cc1cc(=O)c(C(=O)NCC[C@@H]2CCCN2C)c(CCc2ccccc2)n1Cc1ccncc1. The molecular formula is C28H34N4O2. The minimum absolute atomic E-state index is 0.206.